The maximum absolute atomic E-state index is 12.8. The molecule has 3 aromatic rings. The van der Waals surface area contributed by atoms with Crippen LogP contribution in [0, 0.1) is 11.3 Å². The van der Waals surface area contributed by atoms with Gasteiger partial charge in [0, 0.05) is 13.0 Å². The van der Waals surface area contributed by atoms with Gasteiger partial charge in [0.1, 0.15) is 28.9 Å². The van der Waals surface area contributed by atoms with E-state index in [9.17, 15) is 15.2 Å². The minimum absolute atomic E-state index is 0.349. The van der Waals surface area contributed by atoms with Crippen LogP contribution in [-0.2, 0) is 17.7 Å². The van der Waals surface area contributed by atoms with Gasteiger partial charge in [0.2, 0.25) is 0 Å². The topological polar surface area (TPSA) is 88.1 Å². The normalized spacial score (nSPS) is 12.2. The predicted molar refractivity (Wildman–Crippen MR) is 142 cm³/mol. The van der Waals surface area contributed by atoms with Gasteiger partial charge in [-0.25, -0.2) is 9.78 Å². The molecule has 3 rings (SSSR count). The van der Waals surface area contributed by atoms with Crippen LogP contribution in [0.25, 0.3) is 11.1 Å². The minimum atomic E-state index is -0.738. The molecule has 1 unspecified atom stereocenters. The zero-order valence-corrected chi connectivity index (χ0v) is 22.0. The van der Waals surface area contributed by atoms with Gasteiger partial charge in [0.05, 0.1) is 11.7 Å². The lowest BCUT2D eigenvalue weighted by atomic mass is 9.98. The number of ether oxygens (including phenoxy) is 1. The number of imidazole rings is 1. The van der Waals surface area contributed by atoms with Crippen molar-refractivity contribution in [1.82, 2.24) is 9.55 Å². The van der Waals surface area contributed by atoms with Crippen molar-refractivity contribution in [2.24, 2.45) is 0 Å². The third-order valence-corrected chi connectivity index (χ3v) is 5.96. The van der Waals surface area contributed by atoms with Crippen LogP contribution in [0.5, 0.6) is 0 Å². The van der Waals surface area contributed by atoms with Crippen LogP contribution >= 0.6 is 0 Å². The van der Waals surface area contributed by atoms with Gasteiger partial charge >= 0.3 is 5.97 Å². The Kier molecular flexibility index (Phi) is 9.06. The number of hydrogen-bond acceptors (Lipinski definition) is 5. The highest BCUT2D eigenvalue weighted by molar-refractivity contribution is 5.97. The molecule has 0 aliphatic rings. The Hall–Kier alpha value is -3.43. The second-order valence-electron chi connectivity index (χ2n) is 10.1. The molecule has 0 radical (unpaired) electrons. The number of aliphatic hydroxyl groups excluding tert-OH is 1. The van der Waals surface area contributed by atoms with E-state index in [1.54, 1.807) is 6.07 Å². The first kappa shape index (κ1) is 27.2. The summed E-state index contributed by atoms with van der Waals surface area (Å²) in [5.74, 6) is 0.482. The fourth-order valence-corrected chi connectivity index (χ4v) is 4.19. The van der Waals surface area contributed by atoms with Gasteiger partial charge < -0.3 is 14.4 Å². The summed E-state index contributed by atoms with van der Waals surface area (Å²) in [4.78, 5) is 17.5. The number of carbonyl (C=O) groups is 1. The number of aryl methyl sites for hydroxylation is 1. The van der Waals surface area contributed by atoms with E-state index in [2.05, 4.69) is 13.0 Å². The zero-order valence-electron chi connectivity index (χ0n) is 22.0. The Morgan fingerprint density at radius 2 is 1.81 bits per heavy atom. The summed E-state index contributed by atoms with van der Waals surface area (Å²) in [6.45, 7) is 10.2. The molecule has 0 aliphatic heterocycles. The number of carbonyl (C=O) groups excluding carboxylic acids is 1. The lowest BCUT2D eigenvalue weighted by Crippen LogP contribution is -2.24. The molecule has 0 aliphatic carbocycles. The van der Waals surface area contributed by atoms with Crippen molar-refractivity contribution in [1.29, 1.82) is 5.26 Å². The number of unbranched alkanes of at least 4 members (excludes halogenated alkanes) is 1. The van der Waals surface area contributed by atoms with Crippen LogP contribution in [0.3, 0.4) is 0 Å². The molecule has 6 nitrogen and oxygen atoms in total. The fraction of sp³-hybridized carbons (Fsp3) is 0.433. The first-order valence-corrected chi connectivity index (χ1v) is 12.8. The zero-order chi connectivity index (χ0) is 26.3. The second kappa shape index (κ2) is 12.0. The van der Waals surface area contributed by atoms with Gasteiger partial charge in [-0.05, 0) is 56.4 Å². The van der Waals surface area contributed by atoms with Gasteiger partial charge in [0.15, 0.2) is 0 Å². The molecule has 0 saturated carbocycles. The van der Waals surface area contributed by atoms with Crippen molar-refractivity contribution in [3.05, 3.63) is 76.9 Å². The number of hydrogen-bond donors (Lipinski definition) is 1. The van der Waals surface area contributed by atoms with E-state index in [0.717, 1.165) is 48.2 Å². The average molecular weight is 488 g/mol. The van der Waals surface area contributed by atoms with E-state index in [0.29, 0.717) is 29.9 Å². The number of esters is 1. The molecule has 0 amide bonds. The molecule has 2 aromatic carbocycles. The van der Waals surface area contributed by atoms with E-state index in [-0.39, 0.29) is 5.97 Å². The molecule has 0 bridgehead atoms. The fourth-order valence-electron chi connectivity index (χ4n) is 4.19. The average Bonchev–Trinajstić information content (AvgIpc) is 3.19. The molecule has 6 heteroatoms. The standard InChI is InChI=1S/C30H37N3O3/c1-6-8-14-27-32-28(26(34)11-7-2)25(19-31)33(27)20-21-15-17-22(18-16-21)23-12-9-10-13-24(23)29(35)36-30(3,4)5/h9-10,12-13,15-18,26,34H,6-8,11,14,20H2,1-5H3. The number of benzene rings is 2. The summed E-state index contributed by atoms with van der Waals surface area (Å²) in [5.41, 5.74) is 3.60. The summed E-state index contributed by atoms with van der Waals surface area (Å²) < 4.78 is 7.54. The Morgan fingerprint density at radius 3 is 2.42 bits per heavy atom. The molecule has 1 aromatic heterocycles. The molecule has 0 spiro atoms. The van der Waals surface area contributed by atoms with Gasteiger partial charge in [0.25, 0.3) is 0 Å². The van der Waals surface area contributed by atoms with Crippen LogP contribution in [0.4, 0.5) is 0 Å². The molecule has 1 N–H and O–H groups in total. The van der Waals surface area contributed by atoms with Crippen LogP contribution < -0.4 is 0 Å². The van der Waals surface area contributed by atoms with Gasteiger partial charge in [-0.1, -0.05) is 69.2 Å². The predicted octanol–water partition coefficient (Wildman–Crippen LogP) is 6.60. The highest BCUT2D eigenvalue weighted by Crippen LogP contribution is 2.28. The summed E-state index contributed by atoms with van der Waals surface area (Å²) in [6, 6.07) is 17.7. The molecule has 1 atom stereocenters. The largest absolute Gasteiger partial charge is 0.456 e. The van der Waals surface area contributed by atoms with E-state index < -0.39 is 11.7 Å². The lowest BCUT2D eigenvalue weighted by Gasteiger charge is -2.20. The Bertz CT molecular complexity index is 1210. The molecule has 0 saturated heterocycles. The molecule has 36 heavy (non-hydrogen) atoms. The monoisotopic (exact) mass is 487 g/mol. The van der Waals surface area contributed by atoms with E-state index in [4.69, 9.17) is 9.72 Å². The summed E-state index contributed by atoms with van der Waals surface area (Å²) >= 11 is 0. The summed E-state index contributed by atoms with van der Waals surface area (Å²) in [7, 11) is 0. The quantitative estimate of drug-likeness (QED) is 0.325. The highest BCUT2D eigenvalue weighted by Gasteiger charge is 2.23. The summed E-state index contributed by atoms with van der Waals surface area (Å²) in [5, 5.41) is 20.5. The number of rotatable bonds is 10. The van der Waals surface area contributed by atoms with Crippen molar-refractivity contribution in [3.8, 4) is 17.2 Å². The second-order valence-corrected chi connectivity index (χ2v) is 10.1. The maximum atomic E-state index is 12.8. The van der Waals surface area contributed by atoms with Crippen molar-refractivity contribution in [2.75, 3.05) is 0 Å². The molecular weight excluding hydrogens is 450 g/mol. The lowest BCUT2D eigenvalue weighted by molar-refractivity contribution is 0.00704. The molecule has 190 valence electrons. The van der Waals surface area contributed by atoms with Crippen LogP contribution in [0.1, 0.15) is 99.5 Å². The molecule has 1 heterocycles. The van der Waals surface area contributed by atoms with Crippen molar-refractivity contribution in [3.63, 3.8) is 0 Å². The highest BCUT2D eigenvalue weighted by atomic mass is 16.6. The van der Waals surface area contributed by atoms with Gasteiger partial charge in [-0.15, -0.1) is 0 Å². The van der Waals surface area contributed by atoms with Crippen LogP contribution in [-0.4, -0.2) is 26.2 Å². The minimum Gasteiger partial charge on any atom is -0.456 e. The SMILES string of the molecule is CCCCc1nc(C(O)CCC)c(C#N)n1Cc1ccc(-c2ccccc2C(=O)OC(C)(C)C)cc1. The summed E-state index contributed by atoms with van der Waals surface area (Å²) in [6.07, 6.45) is 3.39. The van der Waals surface area contributed by atoms with Crippen molar-refractivity contribution in [2.45, 2.75) is 85.0 Å². The first-order valence-electron chi connectivity index (χ1n) is 12.8. The Labute approximate surface area is 214 Å². The van der Waals surface area contributed by atoms with Gasteiger partial charge in [-0.2, -0.15) is 5.26 Å². The number of nitriles is 1. The van der Waals surface area contributed by atoms with E-state index in [1.807, 2.05) is 74.7 Å². The Balaban J connectivity index is 1.92. The van der Waals surface area contributed by atoms with Crippen LogP contribution in [0.15, 0.2) is 48.5 Å². The van der Waals surface area contributed by atoms with Crippen molar-refractivity contribution < 1.29 is 14.6 Å². The number of nitrogens with zero attached hydrogens (tertiary/aromatic N) is 3. The maximum Gasteiger partial charge on any atom is 0.339 e. The first-order chi connectivity index (χ1) is 17.2. The third kappa shape index (κ3) is 6.61. The number of aromatic nitrogens is 2. The third-order valence-electron chi connectivity index (χ3n) is 5.96. The molecule has 0 fully saturated rings. The Morgan fingerprint density at radius 1 is 1.11 bits per heavy atom. The number of aliphatic hydroxyl groups is 1. The van der Waals surface area contributed by atoms with Crippen molar-refractivity contribution >= 4 is 5.97 Å². The van der Waals surface area contributed by atoms with E-state index >= 15 is 0 Å². The molecular formula is C30H37N3O3. The smallest absolute Gasteiger partial charge is 0.339 e. The van der Waals surface area contributed by atoms with Gasteiger partial charge in [-0.3, -0.25) is 0 Å². The van der Waals surface area contributed by atoms with E-state index in [1.165, 1.54) is 0 Å². The van der Waals surface area contributed by atoms with Crippen LogP contribution in [0.2, 0.25) is 0 Å².